The van der Waals surface area contributed by atoms with E-state index in [1.165, 1.54) is 0 Å². The highest BCUT2D eigenvalue weighted by molar-refractivity contribution is 6.60. The van der Waals surface area contributed by atoms with Crippen molar-refractivity contribution in [2.24, 2.45) is 0 Å². The summed E-state index contributed by atoms with van der Waals surface area (Å²) in [6.07, 6.45) is 7.49. The maximum absolute atomic E-state index is 5.92. The molecule has 0 aliphatic heterocycles. The highest BCUT2D eigenvalue weighted by atomic mass is 28.4. The molecule has 0 atom stereocenters. The Bertz CT molecular complexity index is 436. The summed E-state index contributed by atoms with van der Waals surface area (Å²) in [4.78, 5) is 2.44. The summed E-state index contributed by atoms with van der Waals surface area (Å²) in [6, 6.07) is 0.861. The Kier molecular flexibility index (Phi) is 11.2. The van der Waals surface area contributed by atoms with Gasteiger partial charge in [-0.15, -0.1) is 0 Å². The van der Waals surface area contributed by atoms with Crippen molar-refractivity contribution >= 4 is 8.80 Å². The second-order valence-corrected chi connectivity index (χ2v) is 8.73. The predicted molar refractivity (Wildman–Crippen MR) is 102 cm³/mol. The number of nitrogens with zero attached hydrogens (tertiary/aromatic N) is 3. The molecule has 146 valence electrons. The first-order valence-electron chi connectivity index (χ1n) is 9.81. The normalized spacial score (nSPS) is 12.2. The van der Waals surface area contributed by atoms with Crippen molar-refractivity contribution in [3.63, 3.8) is 0 Å². The van der Waals surface area contributed by atoms with Crippen molar-refractivity contribution in [2.75, 3.05) is 39.5 Å². The molecule has 0 bridgehead atoms. The first-order chi connectivity index (χ1) is 12.1. The van der Waals surface area contributed by atoms with Gasteiger partial charge < -0.3 is 13.3 Å². The summed E-state index contributed by atoms with van der Waals surface area (Å²) in [5.41, 5.74) is 0. The van der Waals surface area contributed by atoms with Gasteiger partial charge in [-0.25, -0.2) is 9.13 Å². The fraction of sp³-hybridized carbons (Fsp3) is 0.833. The summed E-state index contributed by atoms with van der Waals surface area (Å²) in [6.45, 7) is 17.7. The van der Waals surface area contributed by atoms with Gasteiger partial charge >= 0.3 is 8.80 Å². The fourth-order valence-corrected chi connectivity index (χ4v) is 5.57. The molecule has 7 heteroatoms. The van der Waals surface area contributed by atoms with E-state index in [-0.39, 0.29) is 0 Å². The fourth-order valence-electron chi connectivity index (χ4n) is 2.98. The molecule has 0 aliphatic carbocycles. The highest BCUT2D eigenvalue weighted by Gasteiger charge is 2.39. The largest absolute Gasteiger partial charge is 0.501 e. The predicted octanol–water partition coefficient (Wildman–Crippen LogP) is 2.56. The summed E-state index contributed by atoms with van der Waals surface area (Å²) in [5, 5.41) is 0. The Balaban J connectivity index is 2.48. The zero-order valence-corrected chi connectivity index (χ0v) is 17.9. The van der Waals surface area contributed by atoms with Crippen molar-refractivity contribution in [3.05, 3.63) is 18.7 Å². The quantitative estimate of drug-likeness (QED) is 0.350. The number of rotatable bonds is 15. The number of hydrogen-bond donors (Lipinski definition) is 0. The van der Waals surface area contributed by atoms with Crippen LogP contribution in [-0.2, 0) is 26.4 Å². The van der Waals surface area contributed by atoms with Crippen LogP contribution < -0.4 is 4.57 Å². The van der Waals surface area contributed by atoms with Crippen molar-refractivity contribution in [2.45, 2.75) is 60.2 Å². The number of hydrogen-bond acceptors (Lipinski definition) is 4. The lowest BCUT2D eigenvalue weighted by atomic mass is 10.4. The van der Waals surface area contributed by atoms with Crippen LogP contribution in [0, 0.1) is 0 Å². The van der Waals surface area contributed by atoms with E-state index < -0.39 is 8.80 Å². The average Bonchev–Trinajstić information content (AvgIpc) is 3.04. The summed E-state index contributed by atoms with van der Waals surface area (Å²) < 4.78 is 22.3. The van der Waals surface area contributed by atoms with Crippen LogP contribution in [0.4, 0.5) is 0 Å². The molecule has 0 spiro atoms. The minimum atomic E-state index is -2.51. The van der Waals surface area contributed by atoms with Crippen LogP contribution >= 0.6 is 0 Å². The van der Waals surface area contributed by atoms with Crippen LogP contribution in [-0.4, -0.2) is 57.7 Å². The maximum atomic E-state index is 5.92. The van der Waals surface area contributed by atoms with E-state index in [0.717, 1.165) is 45.2 Å². The van der Waals surface area contributed by atoms with Crippen LogP contribution in [0.25, 0.3) is 0 Å². The lowest BCUT2D eigenvalue weighted by molar-refractivity contribution is -0.696. The number of aryl methyl sites for hydroxylation is 1. The maximum Gasteiger partial charge on any atom is 0.501 e. The van der Waals surface area contributed by atoms with Gasteiger partial charge in [-0.05, 0) is 40.3 Å². The molecule has 0 saturated heterocycles. The molecule has 0 N–H and O–H groups in total. The topological polar surface area (TPSA) is 39.7 Å². The number of imidazole rings is 1. The molecular formula is C18H38N3O3Si+. The Labute approximate surface area is 155 Å². The molecular weight excluding hydrogens is 334 g/mol. The van der Waals surface area contributed by atoms with E-state index in [9.17, 15) is 0 Å². The molecule has 0 radical (unpaired) electrons. The highest BCUT2D eigenvalue weighted by Crippen LogP contribution is 2.18. The molecule has 0 aromatic carbocycles. The molecule has 0 unspecified atom stereocenters. The minimum absolute atomic E-state index is 0.640. The van der Waals surface area contributed by atoms with Crippen molar-refractivity contribution < 1.29 is 17.8 Å². The lowest BCUT2D eigenvalue weighted by Crippen LogP contribution is -2.46. The van der Waals surface area contributed by atoms with Crippen LogP contribution in [0.15, 0.2) is 18.7 Å². The van der Waals surface area contributed by atoms with E-state index in [1.807, 2.05) is 20.8 Å². The van der Waals surface area contributed by atoms with Gasteiger partial charge in [0, 0.05) is 32.4 Å². The van der Waals surface area contributed by atoms with Crippen molar-refractivity contribution in [1.82, 2.24) is 9.47 Å². The summed E-state index contributed by atoms with van der Waals surface area (Å²) >= 11 is 0. The van der Waals surface area contributed by atoms with Crippen LogP contribution in [0.5, 0.6) is 0 Å². The number of likely N-dealkylation sites (N-methyl/N-ethyl adjacent to an activating group) is 1. The standard InChI is InChI=1S/C18H38N3O3Si/c1-6-19(7-2)13-14-21-16-15-20(18-21)12-11-17-25(22-8-3,23-9-4)24-10-5/h15-16,18H,6-14,17H2,1-5H3/q+1. The van der Waals surface area contributed by atoms with Gasteiger partial charge in [-0.1, -0.05) is 13.8 Å². The monoisotopic (exact) mass is 372 g/mol. The molecule has 0 aliphatic rings. The van der Waals surface area contributed by atoms with Crippen LogP contribution in [0.3, 0.4) is 0 Å². The lowest BCUT2D eigenvalue weighted by Gasteiger charge is -2.28. The smallest absolute Gasteiger partial charge is 0.374 e. The van der Waals surface area contributed by atoms with E-state index >= 15 is 0 Å². The number of aromatic nitrogens is 2. The third-order valence-corrected chi connectivity index (χ3v) is 7.46. The molecule has 6 nitrogen and oxygen atoms in total. The first kappa shape index (κ1) is 22.3. The van der Waals surface area contributed by atoms with Crippen LogP contribution in [0.2, 0.25) is 6.04 Å². The molecule has 0 amide bonds. The molecule has 1 aromatic heterocycles. The minimum Gasteiger partial charge on any atom is -0.374 e. The van der Waals surface area contributed by atoms with E-state index in [1.54, 1.807) is 0 Å². The molecule has 1 aromatic rings. The Morgan fingerprint density at radius 2 is 1.56 bits per heavy atom. The van der Waals surface area contributed by atoms with E-state index in [4.69, 9.17) is 13.3 Å². The van der Waals surface area contributed by atoms with Gasteiger partial charge in [0.1, 0.15) is 18.9 Å². The molecule has 0 fully saturated rings. The zero-order valence-electron chi connectivity index (χ0n) is 16.9. The SMILES string of the molecule is CCO[Si](CCC[n+]1ccn(CCN(CC)CC)c1)(OCC)OCC. The van der Waals surface area contributed by atoms with Gasteiger partial charge in [0.2, 0.25) is 6.33 Å². The Morgan fingerprint density at radius 1 is 0.960 bits per heavy atom. The molecule has 1 rings (SSSR count). The van der Waals surface area contributed by atoms with Crippen LogP contribution in [0.1, 0.15) is 41.0 Å². The Hall–Kier alpha value is -0.733. The summed E-state index contributed by atoms with van der Waals surface area (Å²) in [7, 11) is -2.51. The first-order valence-corrected chi connectivity index (χ1v) is 11.7. The third-order valence-electron chi connectivity index (χ3n) is 4.31. The third kappa shape index (κ3) is 8.00. The van der Waals surface area contributed by atoms with E-state index in [0.29, 0.717) is 19.8 Å². The Morgan fingerprint density at radius 3 is 2.08 bits per heavy atom. The average molecular weight is 373 g/mol. The summed E-state index contributed by atoms with van der Waals surface area (Å²) in [5.74, 6) is 0. The van der Waals surface area contributed by atoms with Gasteiger partial charge in [0.05, 0.1) is 6.54 Å². The van der Waals surface area contributed by atoms with Gasteiger partial charge in [0.25, 0.3) is 0 Å². The van der Waals surface area contributed by atoms with Gasteiger partial charge in [-0.2, -0.15) is 0 Å². The van der Waals surface area contributed by atoms with Gasteiger partial charge in [0.15, 0.2) is 0 Å². The van der Waals surface area contributed by atoms with Crippen molar-refractivity contribution in [1.29, 1.82) is 0 Å². The van der Waals surface area contributed by atoms with Gasteiger partial charge in [-0.3, -0.25) is 4.90 Å². The van der Waals surface area contributed by atoms with E-state index in [2.05, 4.69) is 46.6 Å². The van der Waals surface area contributed by atoms with Crippen molar-refractivity contribution in [3.8, 4) is 0 Å². The molecule has 1 heterocycles. The second kappa shape index (κ2) is 12.6. The molecule has 0 saturated carbocycles. The molecule has 25 heavy (non-hydrogen) atoms. The second-order valence-electron chi connectivity index (χ2n) is 6.00. The zero-order chi connectivity index (χ0) is 18.5.